The lowest BCUT2D eigenvalue weighted by atomic mass is 9.58. The number of likely N-dealkylation sites (N-methyl/N-ethyl adjacent to an activating group) is 1. The number of Topliss-reactive ketones (excluding diaryl/α,β-unsaturated/α-hetero) is 2. The first-order chi connectivity index (χ1) is 19.6. The molecule has 0 spiro atoms. The van der Waals surface area contributed by atoms with Gasteiger partial charge in [-0.3, -0.25) is 24.2 Å². The van der Waals surface area contributed by atoms with E-state index in [0.29, 0.717) is 23.9 Å². The van der Waals surface area contributed by atoms with Crippen molar-refractivity contribution in [3.8, 4) is 5.75 Å². The van der Waals surface area contributed by atoms with E-state index >= 15 is 0 Å². The van der Waals surface area contributed by atoms with E-state index in [1.165, 1.54) is 0 Å². The molecule has 6 atom stereocenters. The first-order valence-electron chi connectivity index (χ1n) is 14.5. The number of piperidine rings is 1. The van der Waals surface area contributed by atoms with Gasteiger partial charge in [-0.25, -0.2) is 0 Å². The zero-order valence-corrected chi connectivity index (χ0v) is 25.1. The molecule has 11 heteroatoms. The van der Waals surface area contributed by atoms with E-state index in [-0.39, 0.29) is 29.7 Å². The summed E-state index contributed by atoms with van der Waals surface area (Å²) in [7, 11) is 7.01. The van der Waals surface area contributed by atoms with E-state index in [4.69, 9.17) is 5.73 Å². The van der Waals surface area contributed by atoms with Gasteiger partial charge < -0.3 is 31.1 Å². The summed E-state index contributed by atoms with van der Waals surface area (Å²) in [6.07, 6.45) is 1.48. The van der Waals surface area contributed by atoms with Crippen LogP contribution in [0.15, 0.2) is 28.7 Å². The number of rotatable bonds is 5. The molecule has 0 radical (unpaired) electrons. The van der Waals surface area contributed by atoms with E-state index in [2.05, 4.69) is 18.7 Å². The number of nitrogens with zero attached hydrogens (tertiary/aromatic N) is 3. The third-order valence-electron chi connectivity index (χ3n) is 9.56. The number of anilines is 1. The molecule has 2 unspecified atom stereocenters. The molecule has 0 bridgehead atoms. The third kappa shape index (κ3) is 4.40. The summed E-state index contributed by atoms with van der Waals surface area (Å²) in [4.78, 5) is 45.6. The lowest BCUT2D eigenvalue weighted by Gasteiger charge is -2.50. The zero-order chi connectivity index (χ0) is 31.0. The van der Waals surface area contributed by atoms with Gasteiger partial charge in [0.2, 0.25) is 5.78 Å². The van der Waals surface area contributed by atoms with Gasteiger partial charge in [0.15, 0.2) is 11.4 Å². The van der Waals surface area contributed by atoms with E-state index < -0.39 is 58.0 Å². The first kappa shape index (κ1) is 30.1. The Morgan fingerprint density at radius 1 is 1.07 bits per heavy atom. The summed E-state index contributed by atoms with van der Waals surface area (Å²) < 4.78 is 0. The SMILES string of the molecule is CC1CC(C)CN(Cc2cc(O)c3c(c2N(C)C)C[C@H]2C[C@H]4[C@H](N(C)C)C(O)=C(C(N)=O)C(=O)[C@@]4(O)C(O)=C2C3=O)C1. The number of phenols is 1. The van der Waals surface area contributed by atoms with Gasteiger partial charge >= 0.3 is 0 Å². The zero-order valence-electron chi connectivity index (χ0n) is 25.1. The number of aromatic hydroxyl groups is 1. The normalized spacial score (nSPS) is 31.7. The van der Waals surface area contributed by atoms with Gasteiger partial charge in [-0.2, -0.15) is 0 Å². The van der Waals surface area contributed by atoms with Crippen molar-refractivity contribution in [3.05, 3.63) is 45.4 Å². The van der Waals surface area contributed by atoms with Crippen molar-refractivity contribution in [1.82, 2.24) is 9.80 Å². The van der Waals surface area contributed by atoms with Crippen molar-refractivity contribution < 1.29 is 34.8 Å². The van der Waals surface area contributed by atoms with Gasteiger partial charge in [-0.05, 0) is 68.3 Å². The topological polar surface area (TPSA) is 168 Å². The molecule has 1 fully saturated rings. The number of hydrogen-bond donors (Lipinski definition) is 5. The Kier molecular flexibility index (Phi) is 7.44. The van der Waals surface area contributed by atoms with Crippen LogP contribution in [0.3, 0.4) is 0 Å². The van der Waals surface area contributed by atoms with E-state index in [1.807, 2.05) is 19.0 Å². The lowest BCUT2D eigenvalue weighted by Crippen LogP contribution is -2.63. The minimum absolute atomic E-state index is 0.0311. The molecular weight excluding hydrogens is 540 g/mol. The molecule has 0 aromatic heterocycles. The molecule has 6 N–H and O–H groups in total. The number of amides is 1. The van der Waals surface area contributed by atoms with Gasteiger partial charge in [0.25, 0.3) is 5.91 Å². The predicted octanol–water partition coefficient (Wildman–Crippen LogP) is 1.66. The molecule has 3 aliphatic carbocycles. The summed E-state index contributed by atoms with van der Waals surface area (Å²) in [5.41, 5.74) is 4.18. The van der Waals surface area contributed by atoms with Crippen molar-refractivity contribution in [1.29, 1.82) is 0 Å². The largest absolute Gasteiger partial charge is 0.510 e. The Labute approximate surface area is 245 Å². The maximum Gasteiger partial charge on any atom is 0.255 e. The number of primary amides is 1. The van der Waals surface area contributed by atoms with Crippen LogP contribution in [-0.4, -0.2) is 101 Å². The van der Waals surface area contributed by atoms with Crippen molar-refractivity contribution in [3.63, 3.8) is 0 Å². The summed E-state index contributed by atoms with van der Waals surface area (Å²) in [5, 5.41) is 45.5. The predicted molar refractivity (Wildman–Crippen MR) is 156 cm³/mol. The van der Waals surface area contributed by atoms with Crippen LogP contribution in [0.2, 0.25) is 0 Å². The van der Waals surface area contributed by atoms with Gasteiger partial charge in [-0.15, -0.1) is 0 Å². The monoisotopic (exact) mass is 582 g/mol. The molecule has 1 heterocycles. The number of ketones is 2. The molecule has 42 heavy (non-hydrogen) atoms. The van der Waals surface area contributed by atoms with Crippen LogP contribution in [0.4, 0.5) is 5.69 Å². The Hall–Kier alpha value is -3.41. The fourth-order valence-electron chi connectivity index (χ4n) is 8.21. The molecule has 0 saturated carbocycles. The molecule has 11 nitrogen and oxygen atoms in total. The van der Waals surface area contributed by atoms with E-state index in [0.717, 1.165) is 30.8 Å². The lowest BCUT2D eigenvalue weighted by molar-refractivity contribution is -0.148. The van der Waals surface area contributed by atoms with Crippen LogP contribution in [-0.2, 0) is 22.6 Å². The second kappa shape index (κ2) is 10.4. The maximum absolute atomic E-state index is 14.1. The van der Waals surface area contributed by atoms with Crippen LogP contribution >= 0.6 is 0 Å². The smallest absolute Gasteiger partial charge is 0.255 e. The summed E-state index contributed by atoms with van der Waals surface area (Å²) in [5.74, 6) is -5.39. The van der Waals surface area contributed by atoms with Crippen LogP contribution in [0.25, 0.3) is 0 Å². The number of fused-ring (bicyclic) bond motifs is 3. The molecule has 5 rings (SSSR count). The van der Waals surface area contributed by atoms with Gasteiger partial charge in [0.1, 0.15) is 22.8 Å². The molecule has 4 aliphatic rings. The molecule has 1 aromatic rings. The summed E-state index contributed by atoms with van der Waals surface area (Å²) >= 11 is 0. The third-order valence-corrected chi connectivity index (χ3v) is 9.56. The second-order valence-corrected chi connectivity index (χ2v) is 13.3. The van der Waals surface area contributed by atoms with Gasteiger partial charge in [0, 0.05) is 50.9 Å². The molecular formula is C31H42N4O7. The summed E-state index contributed by atoms with van der Waals surface area (Å²) in [6, 6.07) is 0.584. The molecule has 1 amide bonds. The average molecular weight is 583 g/mol. The highest BCUT2D eigenvalue weighted by Crippen LogP contribution is 2.53. The molecule has 1 aromatic carbocycles. The number of allylic oxidation sites excluding steroid dienone is 1. The highest BCUT2D eigenvalue weighted by molar-refractivity contribution is 6.24. The Bertz CT molecular complexity index is 1420. The quantitative estimate of drug-likeness (QED) is 0.322. The number of carbonyl (C=O) groups is 3. The van der Waals surface area contributed by atoms with Gasteiger partial charge in [0.05, 0.1) is 11.6 Å². The number of carbonyl (C=O) groups excluding carboxylic acids is 3. The van der Waals surface area contributed by atoms with Crippen LogP contribution in [0.1, 0.15) is 48.2 Å². The maximum atomic E-state index is 14.1. The number of aliphatic hydroxyl groups excluding tert-OH is 2. The highest BCUT2D eigenvalue weighted by Gasteiger charge is 2.63. The van der Waals surface area contributed by atoms with Crippen molar-refractivity contribution in [2.45, 2.75) is 51.3 Å². The van der Waals surface area contributed by atoms with E-state index in [9.17, 15) is 34.8 Å². The van der Waals surface area contributed by atoms with Gasteiger partial charge in [-0.1, -0.05) is 13.8 Å². The number of likely N-dealkylation sites (tertiary alicyclic amines) is 1. The standard InChI is InChI=1S/C31H42N4O7/c1-14-7-15(2)12-35(11-14)13-17-10-20(36)22-18(24(17)33(3)4)8-16-9-19-25(34(5)6)27(38)23(30(32)41)29(40)31(19,42)28(39)21(16)26(22)37/h10,14-16,19,25,36,38-39,42H,7-9,11-13H2,1-6H3,(H2,32,41)/t14?,15?,16-,19-,25-,31-/m0/s1. The number of hydrogen-bond acceptors (Lipinski definition) is 10. The molecule has 1 saturated heterocycles. The fourth-order valence-corrected chi connectivity index (χ4v) is 8.21. The van der Waals surface area contributed by atoms with Crippen molar-refractivity contribution >= 4 is 23.2 Å². The van der Waals surface area contributed by atoms with Crippen LogP contribution in [0, 0.1) is 23.7 Å². The Morgan fingerprint density at radius 3 is 2.24 bits per heavy atom. The highest BCUT2D eigenvalue weighted by atomic mass is 16.3. The molecule has 1 aliphatic heterocycles. The number of benzene rings is 1. The van der Waals surface area contributed by atoms with Crippen LogP contribution in [0.5, 0.6) is 5.75 Å². The number of nitrogens with two attached hydrogens (primary N) is 1. The Morgan fingerprint density at radius 2 is 1.69 bits per heavy atom. The number of aliphatic hydroxyl groups is 3. The van der Waals surface area contributed by atoms with Crippen molar-refractivity contribution in [2.75, 3.05) is 46.2 Å². The Balaban J connectivity index is 1.65. The first-order valence-corrected chi connectivity index (χ1v) is 14.5. The van der Waals surface area contributed by atoms with E-state index in [1.54, 1.807) is 25.1 Å². The molecule has 228 valence electrons. The van der Waals surface area contributed by atoms with Crippen molar-refractivity contribution in [2.24, 2.45) is 29.4 Å². The minimum atomic E-state index is -2.65. The average Bonchev–Trinajstić information content (AvgIpc) is 2.84. The summed E-state index contributed by atoms with van der Waals surface area (Å²) in [6.45, 7) is 6.94. The van der Waals surface area contributed by atoms with Crippen LogP contribution < -0.4 is 10.6 Å². The second-order valence-electron chi connectivity index (χ2n) is 13.3. The number of phenolic OH excluding ortho intramolecular Hbond substituents is 1. The minimum Gasteiger partial charge on any atom is -0.510 e. The fraction of sp³-hybridized carbons (Fsp3) is 0.581.